The Morgan fingerprint density at radius 1 is 1.71 bits per heavy atom. The second-order valence-corrected chi connectivity index (χ2v) is 2.66. The zero-order valence-corrected chi connectivity index (χ0v) is 7.78. The molecule has 0 aliphatic rings. The Morgan fingerprint density at radius 2 is 2.29 bits per heavy atom. The molecule has 0 spiro atoms. The molecule has 1 atom stereocenters. The van der Waals surface area contributed by atoms with Gasteiger partial charge in [-0.3, -0.25) is 4.79 Å². The highest BCUT2D eigenvalue weighted by Gasteiger charge is 2.27. The summed E-state index contributed by atoms with van der Waals surface area (Å²) < 4.78 is 0. The molecular weight excluding hydrogens is 184 g/mol. The molecule has 0 saturated heterocycles. The van der Waals surface area contributed by atoms with Crippen molar-refractivity contribution >= 4 is 11.9 Å². The third kappa shape index (κ3) is 3.74. The third-order valence-electron chi connectivity index (χ3n) is 1.44. The molecule has 0 bridgehead atoms. The van der Waals surface area contributed by atoms with E-state index in [0.29, 0.717) is 0 Å². The lowest BCUT2D eigenvalue weighted by Crippen LogP contribution is -2.44. The summed E-state index contributed by atoms with van der Waals surface area (Å²) in [4.78, 5) is 21.0. The Morgan fingerprint density at radius 3 is 2.64 bits per heavy atom. The minimum atomic E-state index is -1.81. The molecule has 0 aromatic heterocycles. The minimum absolute atomic E-state index is 0.198. The smallest absolute Gasteiger partial charge is 0.340 e. The summed E-state index contributed by atoms with van der Waals surface area (Å²) in [5.74, 6) is 0.424. The summed E-state index contributed by atoms with van der Waals surface area (Å²) in [7, 11) is 0. The average molecular weight is 196 g/mol. The molecule has 0 radical (unpaired) electrons. The van der Waals surface area contributed by atoms with E-state index in [-0.39, 0.29) is 12.5 Å². The lowest BCUT2D eigenvalue weighted by Gasteiger charge is -2.12. The summed E-state index contributed by atoms with van der Waals surface area (Å²) in [6.07, 6.45) is 7.51. The average Bonchev–Trinajstić information content (AvgIpc) is 2.11. The number of carbonyl (C=O) groups excluding carboxylic acids is 1. The van der Waals surface area contributed by atoms with Crippen molar-refractivity contribution in [3.8, 4) is 12.3 Å². The Hall–Kier alpha value is -1.80. The molecule has 14 heavy (non-hydrogen) atoms. The molecule has 0 heterocycles. The van der Waals surface area contributed by atoms with Crippen molar-refractivity contribution in [2.45, 2.75) is 12.5 Å². The van der Waals surface area contributed by atoms with Crippen LogP contribution in [0.25, 0.3) is 0 Å². The van der Waals surface area contributed by atoms with Crippen LogP contribution < -0.4 is 11.1 Å². The molecule has 0 aromatic rings. The fraction of sp³-hybridized carbons (Fsp3) is 0.333. The Kier molecular flexibility index (Phi) is 4.40. The number of hydrogen-bond donors (Lipinski definition) is 3. The van der Waals surface area contributed by atoms with Crippen molar-refractivity contribution in [3.05, 3.63) is 12.2 Å². The quantitative estimate of drug-likeness (QED) is 0.401. The predicted octanol–water partition coefficient (Wildman–Crippen LogP) is -0.906. The van der Waals surface area contributed by atoms with Gasteiger partial charge in [0.2, 0.25) is 5.91 Å². The Bertz CT molecular complexity index is 304. The van der Waals surface area contributed by atoms with Crippen LogP contribution in [-0.2, 0) is 9.59 Å². The largest absolute Gasteiger partial charge is 0.479 e. The number of rotatable bonds is 4. The highest BCUT2D eigenvalue weighted by atomic mass is 16.4. The van der Waals surface area contributed by atoms with Crippen LogP contribution in [-0.4, -0.2) is 29.1 Å². The van der Waals surface area contributed by atoms with Crippen molar-refractivity contribution in [1.29, 1.82) is 0 Å². The maximum Gasteiger partial charge on any atom is 0.340 e. The van der Waals surface area contributed by atoms with Gasteiger partial charge in [-0.1, -0.05) is 12.0 Å². The number of nitrogens with two attached hydrogens (primary N) is 1. The van der Waals surface area contributed by atoms with Crippen LogP contribution >= 0.6 is 0 Å². The summed E-state index contributed by atoms with van der Waals surface area (Å²) >= 11 is 0. The van der Waals surface area contributed by atoms with Crippen LogP contribution in [0, 0.1) is 12.3 Å². The molecule has 0 fully saturated rings. The first kappa shape index (κ1) is 12.2. The molecule has 1 amide bonds. The zero-order chi connectivity index (χ0) is 11.2. The number of aliphatic carboxylic acids is 1. The van der Waals surface area contributed by atoms with Crippen molar-refractivity contribution in [2.75, 3.05) is 6.54 Å². The van der Waals surface area contributed by atoms with E-state index in [4.69, 9.17) is 17.3 Å². The number of terminal acetylenes is 1. The van der Waals surface area contributed by atoms with Crippen LogP contribution in [0.1, 0.15) is 6.92 Å². The number of nitrogens with one attached hydrogen (secondary N) is 1. The highest BCUT2D eigenvalue weighted by molar-refractivity contribution is 5.85. The molecule has 0 rings (SSSR count). The third-order valence-corrected chi connectivity index (χ3v) is 1.44. The number of hydrogen-bond acceptors (Lipinski definition) is 3. The van der Waals surface area contributed by atoms with Crippen LogP contribution in [0.2, 0.25) is 0 Å². The fourth-order valence-corrected chi connectivity index (χ4v) is 0.629. The molecule has 0 saturated carbocycles. The highest BCUT2D eigenvalue weighted by Crippen LogP contribution is 2.00. The standard InChI is InChI=1S/C9H12N2O3/c1-3-9(10,8(13)14)5-4-6-11-7(2)12/h1,4-5H,6,10H2,2H3,(H,11,12)(H,13,14). The van der Waals surface area contributed by atoms with E-state index in [9.17, 15) is 9.59 Å². The SMILES string of the molecule is C#CC(N)(C=CCNC(C)=O)C(=O)O. The van der Waals surface area contributed by atoms with Gasteiger partial charge in [-0.15, -0.1) is 6.42 Å². The maximum absolute atomic E-state index is 10.6. The second kappa shape index (κ2) is 5.04. The van der Waals surface area contributed by atoms with Crippen molar-refractivity contribution in [3.63, 3.8) is 0 Å². The van der Waals surface area contributed by atoms with Gasteiger partial charge in [0.25, 0.3) is 0 Å². The van der Waals surface area contributed by atoms with E-state index in [0.717, 1.165) is 6.08 Å². The summed E-state index contributed by atoms with van der Waals surface area (Å²) in [5, 5.41) is 11.1. The number of carboxylic acids is 1. The minimum Gasteiger partial charge on any atom is -0.479 e. The van der Waals surface area contributed by atoms with Gasteiger partial charge in [0.15, 0.2) is 5.54 Å². The predicted molar refractivity (Wildman–Crippen MR) is 51.2 cm³/mol. The molecular formula is C9H12N2O3. The van der Waals surface area contributed by atoms with Gasteiger partial charge in [-0.2, -0.15) is 0 Å². The van der Waals surface area contributed by atoms with Crippen LogP contribution in [0.15, 0.2) is 12.2 Å². The number of carbonyl (C=O) groups is 2. The summed E-state index contributed by atoms with van der Waals surface area (Å²) in [5.41, 5.74) is 3.51. The van der Waals surface area contributed by atoms with E-state index in [1.54, 1.807) is 0 Å². The van der Waals surface area contributed by atoms with Crippen LogP contribution in [0.5, 0.6) is 0 Å². The fourth-order valence-electron chi connectivity index (χ4n) is 0.629. The van der Waals surface area contributed by atoms with Crippen molar-refractivity contribution in [1.82, 2.24) is 5.32 Å². The van der Waals surface area contributed by atoms with Crippen molar-refractivity contribution in [2.24, 2.45) is 5.73 Å². The van der Waals surface area contributed by atoms with Gasteiger partial charge >= 0.3 is 5.97 Å². The second-order valence-electron chi connectivity index (χ2n) is 2.66. The molecule has 1 unspecified atom stereocenters. The van der Waals surface area contributed by atoms with Gasteiger partial charge in [-0.05, 0) is 6.08 Å². The van der Waals surface area contributed by atoms with Gasteiger partial charge in [0.1, 0.15) is 0 Å². The lowest BCUT2D eigenvalue weighted by atomic mass is 10.0. The van der Waals surface area contributed by atoms with E-state index >= 15 is 0 Å². The van der Waals surface area contributed by atoms with Gasteiger partial charge in [0, 0.05) is 13.5 Å². The topological polar surface area (TPSA) is 92.4 Å². The number of amides is 1. The first-order valence-corrected chi connectivity index (χ1v) is 3.84. The maximum atomic E-state index is 10.6. The van der Waals surface area contributed by atoms with Gasteiger partial charge in [0.05, 0.1) is 0 Å². The summed E-state index contributed by atoms with van der Waals surface area (Å²) in [6.45, 7) is 1.55. The van der Waals surface area contributed by atoms with E-state index in [1.807, 2.05) is 5.92 Å². The summed E-state index contributed by atoms with van der Waals surface area (Å²) in [6, 6.07) is 0. The monoisotopic (exact) mass is 196 g/mol. The van der Waals surface area contributed by atoms with Crippen LogP contribution in [0.3, 0.4) is 0 Å². The molecule has 76 valence electrons. The zero-order valence-electron chi connectivity index (χ0n) is 7.78. The van der Waals surface area contributed by atoms with Crippen molar-refractivity contribution < 1.29 is 14.7 Å². The molecule has 5 nitrogen and oxygen atoms in total. The Balaban J connectivity index is 4.27. The normalized spacial score (nSPS) is 14.4. The molecule has 0 aliphatic carbocycles. The molecule has 0 aromatic carbocycles. The van der Waals surface area contributed by atoms with Gasteiger partial charge in [-0.25, -0.2) is 4.79 Å². The number of carboxylic acid groups (broad SMARTS) is 1. The van der Waals surface area contributed by atoms with E-state index in [2.05, 4.69) is 5.32 Å². The van der Waals surface area contributed by atoms with E-state index < -0.39 is 11.5 Å². The lowest BCUT2D eigenvalue weighted by molar-refractivity contribution is -0.139. The molecule has 5 heteroatoms. The van der Waals surface area contributed by atoms with Gasteiger partial charge < -0.3 is 16.2 Å². The first-order valence-electron chi connectivity index (χ1n) is 3.84. The Labute approximate surface area is 82.0 Å². The van der Waals surface area contributed by atoms with E-state index in [1.165, 1.54) is 13.0 Å². The van der Waals surface area contributed by atoms with Crippen LogP contribution in [0.4, 0.5) is 0 Å². The molecule has 4 N–H and O–H groups in total. The first-order chi connectivity index (χ1) is 6.42. The molecule has 0 aliphatic heterocycles.